The lowest BCUT2D eigenvalue weighted by Gasteiger charge is -2.11. The molecule has 0 heterocycles. The molecule has 0 amide bonds. The number of hydrogen-bond acceptors (Lipinski definition) is 4. The smallest absolute Gasteiger partial charge is 0.244 e. The topological polar surface area (TPSA) is 81.4 Å². The van der Waals surface area contributed by atoms with E-state index in [0.717, 1.165) is 5.56 Å². The van der Waals surface area contributed by atoms with Crippen LogP contribution in [0.4, 0.5) is 5.69 Å². The van der Waals surface area contributed by atoms with Crippen LogP contribution in [0.25, 0.3) is 0 Å². The number of nitrogen functional groups attached to an aromatic ring is 1. The van der Waals surface area contributed by atoms with Crippen molar-refractivity contribution in [3.05, 3.63) is 53.1 Å². The lowest BCUT2D eigenvalue weighted by atomic mass is 10.2. The van der Waals surface area contributed by atoms with Gasteiger partial charge in [-0.2, -0.15) is 0 Å². The number of anilines is 1. The summed E-state index contributed by atoms with van der Waals surface area (Å²) in [4.78, 5) is 0.0129. The van der Waals surface area contributed by atoms with Gasteiger partial charge in [-0.05, 0) is 35.9 Å². The fourth-order valence-corrected chi connectivity index (χ4v) is 3.11. The Bertz CT molecular complexity index is 730. The van der Waals surface area contributed by atoms with E-state index in [-0.39, 0.29) is 17.2 Å². The molecule has 0 spiro atoms. The van der Waals surface area contributed by atoms with Gasteiger partial charge in [0.1, 0.15) is 10.6 Å². The van der Waals surface area contributed by atoms with E-state index in [2.05, 4.69) is 4.72 Å². The molecule has 2 aromatic rings. The molecule has 7 heteroatoms. The van der Waals surface area contributed by atoms with E-state index in [0.29, 0.717) is 10.7 Å². The van der Waals surface area contributed by atoms with Crippen molar-refractivity contribution in [1.29, 1.82) is 0 Å². The molecule has 0 atom stereocenters. The van der Waals surface area contributed by atoms with Gasteiger partial charge in [-0.3, -0.25) is 0 Å². The molecule has 5 nitrogen and oxygen atoms in total. The van der Waals surface area contributed by atoms with Gasteiger partial charge in [0, 0.05) is 17.3 Å². The zero-order chi connectivity index (χ0) is 15.5. The van der Waals surface area contributed by atoms with Crippen molar-refractivity contribution in [3.63, 3.8) is 0 Å². The van der Waals surface area contributed by atoms with E-state index >= 15 is 0 Å². The minimum absolute atomic E-state index is 0.0129. The second-order valence-corrected chi connectivity index (χ2v) is 6.53. The Labute approximate surface area is 128 Å². The Hall–Kier alpha value is -1.76. The number of methoxy groups -OCH3 is 1. The van der Waals surface area contributed by atoms with Gasteiger partial charge in [-0.1, -0.05) is 23.7 Å². The fourth-order valence-electron chi connectivity index (χ4n) is 1.76. The van der Waals surface area contributed by atoms with Crippen LogP contribution in [-0.4, -0.2) is 15.5 Å². The molecule has 0 bridgehead atoms. The summed E-state index contributed by atoms with van der Waals surface area (Å²) in [5, 5.41) is 0.596. The maximum atomic E-state index is 12.3. The van der Waals surface area contributed by atoms with Crippen molar-refractivity contribution >= 4 is 27.3 Å². The van der Waals surface area contributed by atoms with Crippen LogP contribution in [0.1, 0.15) is 5.56 Å². The SMILES string of the molecule is COc1ccc(N)cc1S(=O)(=O)NCc1ccc(Cl)cc1. The number of nitrogens with one attached hydrogen (secondary N) is 1. The van der Waals surface area contributed by atoms with Gasteiger partial charge < -0.3 is 10.5 Å². The van der Waals surface area contributed by atoms with Crippen molar-refractivity contribution in [3.8, 4) is 5.75 Å². The summed E-state index contributed by atoms with van der Waals surface area (Å²) in [7, 11) is -2.32. The molecule has 0 aliphatic heterocycles. The van der Waals surface area contributed by atoms with Crippen LogP contribution < -0.4 is 15.2 Å². The number of nitrogens with two attached hydrogens (primary N) is 1. The number of sulfonamides is 1. The molecule has 2 rings (SSSR count). The minimum Gasteiger partial charge on any atom is -0.495 e. The maximum absolute atomic E-state index is 12.3. The molecule has 112 valence electrons. The molecule has 0 aliphatic rings. The Morgan fingerprint density at radius 3 is 2.48 bits per heavy atom. The van der Waals surface area contributed by atoms with Crippen LogP contribution >= 0.6 is 11.6 Å². The van der Waals surface area contributed by atoms with E-state index in [4.69, 9.17) is 22.1 Å². The zero-order valence-electron chi connectivity index (χ0n) is 11.3. The highest BCUT2D eigenvalue weighted by atomic mass is 35.5. The predicted octanol–water partition coefficient (Wildman–Crippen LogP) is 2.41. The van der Waals surface area contributed by atoms with E-state index in [1.165, 1.54) is 19.2 Å². The molecule has 0 aliphatic carbocycles. The Balaban J connectivity index is 2.22. The van der Waals surface area contributed by atoms with E-state index < -0.39 is 10.0 Å². The first kappa shape index (κ1) is 15.6. The standard InChI is InChI=1S/C14H15ClN2O3S/c1-20-13-7-6-12(16)8-14(13)21(18,19)17-9-10-2-4-11(15)5-3-10/h2-8,17H,9,16H2,1H3. The normalized spacial score (nSPS) is 11.3. The van der Waals surface area contributed by atoms with Crippen LogP contribution in [0.15, 0.2) is 47.4 Å². The first-order chi connectivity index (χ1) is 9.92. The summed E-state index contributed by atoms with van der Waals surface area (Å²) in [6.45, 7) is 0.150. The van der Waals surface area contributed by atoms with Crippen LogP contribution in [0.2, 0.25) is 5.02 Å². The average Bonchev–Trinajstić information content (AvgIpc) is 2.47. The molecule has 0 fully saturated rings. The second kappa shape index (κ2) is 6.34. The lowest BCUT2D eigenvalue weighted by molar-refractivity contribution is 0.402. The predicted molar refractivity (Wildman–Crippen MR) is 82.9 cm³/mol. The van der Waals surface area contributed by atoms with Crippen molar-refractivity contribution in [1.82, 2.24) is 4.72 Å². The molecular weight excluding hydrogens is 312 g/mol. The summed E-state index contributed by atoms with van der Waals surface area (Å²) in [6, 6.07) is 11.4. The Morgan fingerprint density at radius 1 is 1.19 bits per heavy atom. The van der Waals surface area contributed by atoms with Gasteiger partial charge in [0.25, 0.3) is 0 Å². The molecule has 0 aromatic heterocycles. The van der Waals surface area contributed by atoms with Gasteiger partial charge in [0.2, 0.25) is 10.0 Å². The highest BCUT2D eigenvalue weighted by molar-refractivity contribution is 7.89. The number of halogens is 1. The van der Waals surface area contributed by atoms with E-state index in [1.54, 1.807) is 30.3 Å². The first-order valence-electron chi connectivity index (χ1n) is 6.10. The third kappa shape index (κ3) is 3.87. The highest BCUT2D eigenvalue weighted by Gasteiger charge is 2.19. The minimum atomic E-state index is -3.72. The van der Waals surface area contributed by atoms with Gasteiger partial charge in [0.15, 0.2) is 0 Å². The van der Waals surface area contributed by atoms with Crippen molar-refractivity contribution in [2.75, 3.05) is 12.8 Å². The largest absolute Gasteiger partial charge is 0.495 e. The molecule has 2 aromatic carbocycles. The molecule has 0 saturated carbocycles. The van der Waals surface area contributed by atoms with Crippen LogP contribution in [0.3, 0.4) is 0 Å². The number of hydrogen-bond donors (Lipinski definition) is 2. The third-order valence-electron chi connectivity index (χ3n) is 2.86. The monoisotopic (exact) mass is 326 g/mol. The van der Waals surface area contributed by atoms with Crippen LogP contribution in [0, 0.1) is 0 Å². The summed E-state index contributed by atoms with van der Waals surface area (Å²) in [6.07, 6.45) is 0. The van der Waals surface area contributed by atoms with Gasteiger partial charge in [-0.25, -0.2) is 13.1 Å². The Kier molecular flexibility index (Phi) is 4.72. The van der Waals surface area contributed by atoms with Crippen LogP contribution in [0.5, 0.6) is 5.75 Å². The van der Waals surface area contributed by atoms with E-state index in [1.807, 2.05) is 0 Å². The van der Waals surface area contributed by atoms with Gasteiger partial charge in [0.05, 0.1) is 7.11 Å². The third-order valence-corrected chi connectivity index (χ3v) is 4.53. The fraction of sp³-hybridized carbons (Fsp3) is 0.143. The number of ether oxygens (including phenoxy) is 1. The van der Waals surface area contributed by atoms with Crippen molar-refractivity contribution in [2.24, 2.45) is 0 Å². The molecule has 0 radical (unpaired) electrons. The number of benzene rings is 2. The van der Waals surface area contributed by atoms with Gasteiger partial charge >= 0.3 is 0 Å². The molecule has 3 N–H and O–H groups in total. The summed E-state index contributed by atoms with van der Waals surface area (Å²) < 4.78 is 32.2. The Morgan fingerprint density at radius 2 is 1.86 bits per heavy atom. The quantitative estimate of drug-likeness (QED) is 0.827. The first-order valence-corrected chi connectivity index (χ1v) is 7.96. The number of rotatable bonds is 5. The maximum Gasteiger partial charge on any atom is 0.244 e. The summed E-state index contributed by atoms with van der Waals surface area (Å²) in [5.74, 6) is 0.243. The zero-order valence-corrected chi connectivity index (χ0v) is 12.9. The average molecular weight is 327 g/mol. The second-order valence-electron chi connectivity index (χ2n) is 4.36. The van der Waals surface area contributed by atoms with Gasteiger partial charge in [-0.15, -0.1) is 0 Å². The van der Waals surface area contributed by atoms with Crippen molar-refractivity contribution in [2.45, 2.75) is 11.4 Å². The summed E-state index contributed by atoms with van der Waals surface area (Å²) >= 11 is 5.79. The van der Waals surface area contributed by atoms with Crippen molar-refractivity contribution < 1.29 is 13.2 Å². The molecule has 0 saturated heterocycles. The van der Waals surface area contributed by atoms with E-state index in [9.17, 15) is 8.42 Å². The lowest BCUT2D eigenvalue weighted by Crippen LogP contribution is -2.23. The molecular formula is C14H15ClN2O3S. The highest BCUT2D eigenvalue weighted by Crippen LogP contribution is 2.25. The molecule has 21 heavy (non-hydrogen) atoms. The summed E-state index contributed by atoms with van der Waals surface area (Å²) in [5.41, 5.74) is 6.79. The molecule has 0 unspecified atom stereocenters. The van der Waals surface area contributed by atoms with Crippen LogP contribution in [-0.2, 0) is 16.6 Å².